The van der Waals surface area contributed by atoms with Gasteiger partial charge in [0.1, 0.15) is 5.82 Å². The highest BCUT2D eigenvalue weighted by Crippen LogP contribution is 2.40. The van der Waals surface area contributed by atoms with Crippen molar-refractivity contribution in [3.8, 4) is 22.6 Å². The van der Waals surface area contributed by atoms with E-state index in [-0.39, 0.29) is 22.9 Å². The van der Waals surface area contributed by atoms with E-state index in [1.165, 1.54) is 12.1 Å². The Labute approximate surface area is 205 Å². The summed E-state index contributed by atoms with van der Waals surface area (Å²) in [5.74, 6) is 0.241. The van der Waals surface area contributed by atoms with Gasteiger partial charge in [0.15, 0.2) is 0 Å². The van der Waals surface area contributed by atoms with Crippen molar-refractivity contribution >= 4 is 11.6 Å². The highest BCUT2D eigenvalue weighted by atomic mass is 19.1. The molecule has 0 unspecified atom stereocenters. The van der Waals surface area contributed by atoms with E-state index < -0.39 is 0 Å². The summed E-state index contributed by atoms with van der Waals surface area (Å²) < 4.78 is 15.9. The monoisotopic (exact) mass is 470 g/mol. The number of benzene rings is 2. The first kappa shape index (κ1) is 23.2. The molecule has 0 aliphatic carbocycles. The number of aromatic nitrogens is 4. The van der Waals surface area contributed by atoms with Crippen molar-refractivity contribution in [3.05, 3.63) is 79.0 Å². The van der Waals surface area contributed by atoms with Crippen LogP contribution in [-0.2, 0) is 0 Å². The molecule has 180 valence electrons. The molecule has 2 aromatic heterocycles. The van der Waals surface area contributed by atoms with Crippen LogP contribution in [0.5, 0.6) is 0 Å². The van der Waals surface area contributed by atoms with E-state index >= 15 is 0 Å². The van der Waals surface area contributed by atoms with E-state index in [0.717, 1.165) is 41.2 Å². The van der Waals surface area contributed by atoms with Crippen molar-refractivity contribution in [1.29, 1.82) is 0 Å². The number of hydrogen-bond acceptors (Lipinski definition) is 5. The molecule has 1 aliphatic heterocycles. The van der Waals surface area contributed by atoms with Gasteiger partial charge in [-0.05, 0) is 83.0 Å². The molecule has 6 nitrogen and oxygen atoms in total. The Bertz CT molecular complexity index is 1300. The van der Waals surface area contributed by atoms with Gasteiger partial charge in [0.2, 0.25) is 5.95 Å². The van der Waals surface area contributed by atoms with Crippen LogP contribution < -0.4 is 10.6 Å². The van der Waals surface area contributed by atoms with E-state index in [1.807, 2.05) is 42.7 Å². The third-order valence-electron chi connectivity index (χ3n) is 6.40. The number of halogens is 1. The maximum atomic E-state index is 13.7. The normalized spacial score (nSPS) is 17.3. The lowest BCUT2D eigenvalue weighted by molar-refractivity contribution is 0.133. The predicted molar refractivity (Wildman–Crippen MR) is 138 cm³/mol. The van der Waals surface area contributed by atoms with Gasteiger partial charge in [-0.2, -0.15) is 0 Å². The summed E-state index contributed by atoms with van der Waals surface area (Å²) in [6.45, 7) is 8.96. The standard InChI is InChI=1S/C28H31FN6/c1-27(2)16-22(17-28(3,4)34-27)35-18-31-24(19-10-12-20(29)13-11-19)25(35)23-14-15-30-26(33-23)32-21-8-6-5-7-9-21/h5-15,18,22,34H,16-17H2,1-4H3,(H,30,32,33). The van der Waals surface area contributed by atoms with Gasteiger partial charge in [-0.1, -0.05) is 18.2 Å². The summed E-state index contributed by atoms with van der Waals surface area (Å²) in [7, 11) is 0. The van der Waals surface area contributed by atoms with Crippen LogP contribution in [-0.4, -0.2) is 30.6 Å². The Morgan fingerprint density at radius 3 is 2.29 bits per heavy atom. The summed E-state index contributed by atoms with van der Waals surface area (Å²) in [5.41, 5.74) is 4.16. The van der Waals surface area contributed by atoms with Gasteiger partial charge in [-0.3, -0.25) is 0 Å². The summed E-state index contributed by atoms with van der Waals surface area (Å²) in [5, 5.41) is 7.05. The zero-order valence-electron chi connectivity index (χ0n) is 20.6. The fraction of sp³-hybridized carbons (Fsp3) is 0.321. The molecule has 7 heteroatoms. The molecule has 4 aromatic rings. The number of nitrogens with zero attached hydrogens (tertiary/aromatic N) is 4. The molecule has 0 radical (unpaired) electrons. The van der Waals surface area contributed by atoms with Crippen molar-refractivity contribution in [2.75, 3.05) is 5.32 Å². The van der Waals surface area contributed by atoms with Gasteiger partial charge >= 0.3 is 0 Å². The number of hydrogen-bond donors (Lipinski definition) is 2. The van der Waals surface area contributed by atoms with Crippen molar-refractivity contribution in [1.82, 2.24) is 24.8 Å². The SMILES string of the molecule is CC1(C)CC(n2cnc(-c3ccc(F)cc3)c2-c2ccnc(Nc3ccccc3)n2)CC(C)(C)N1. The Morgan fingerprint density at radius 2 is 1.60 bits per heavy atom. The van der Waals surface area contributed by atoms with E-state index in [9.17, 15) is 4.39 Å². The Morgan fingerprint density at radius 1 is 0.914 bits per heavy atom. The minimum atomic E-state index is -0.270. The molecule has 35 heavy (non-hydrogen) atoms. The summed E-state index contributed by atoms with van der Waals surface area (Å²) in [6, 6.07) is 18.5. The Hall–Kier alpha value is -3.58. The van der Waals surface area contributed by atoms with Crippen molar-refractivity contribution in [3.63, 3.8) is 0 Å². The van der Waals surface area contributed by atoms with Gasteiger partial charge in [0, 0.05) is 34.6 Å². The third kappa shape index (κ3) is 5.10. The van der Waals surface area contributed by atoms with E-state index in [4.69, 9.17) is 9.97 Å². The van der Waals surface area contributed by atoms with Crippen molar-refractivity contribution < 1.29 is 4.39 Å². The molecule has 2 aromatic carbocycles. The minimum absolute atomic E-state index is 0.0321. The largest absolute Gasteiger partial charge is 0.326 e. The number of para-hydroxylation sites is 1. The third-order valence-corrected chi connectivity index (χ3v) is 6.40. The van der Waals surface area contributed by atoms with Gasteiger partial charge in [0.25, 0.3) is 0 Å². The topological polar surface area (TPSA) is 67.7 Å². The predicted octanol–water partition coefficient (Wildman–Crippen LogP) is 6.37. The molecule has 3 heterocycles. The van der Waals surface area contributed by atoms with Gasteiger partial charge in [-0.25, -0.2) is 19.3 Å². The van der Waals surface area contributed by atoms with Crippen LogP contribution in [0.25, 0.3) is 22.6 Å². The average Bonchev–Trinajstić information content (AvgIpc) is 3.24. The summed E-state index contributed by atoms with van der Waals surface area (Å²) in [6.07, 6.45) is 5.56. The Balaban J connectivity index is 1.61. The number of imidazole rings is 1. The van der Waals surface area contributed by atoms with Crippen LogP contribution in [0.15, 0.2) is 73.2 Å². The number of nitrogens with one attached hydrogen (secondary N) is 2. The first-order valence-corrected chi connectivity index (χ1v) is 12.0. The molecule has 1 saturated heterocycles. The van der Waals surface area contributed by atoms with E-state index in [0.29, 0.717) is 5.95 Å². The number of anilines is 2. The molecule has 5 rings (SSSR count). The molecule has 2 N–H and O–H groups in total. The lowest BCUT2D eigenvalue weighted by Gasteiger charge is -2.47. The smallest absolute Gasteiger partial charge is 0.227 e. The zero-order valence-corrected chi connectivity index (χ0v) is 20.6. The van der Waals surface area contributed by atoms with Crippen LogP contribution in [0, 0.1) is 5.82 Å². The fourth-order valence-electron chi connectivity index (χ4n) is 5.38. The van der Waals surface area contributed by atoms with Crippen LogP contribution in [0.2, 0.25) is 0 Å². The van der Waals surface area contributed by atoms with Gasteiger partial charge in [0.05, 0.1) is 23.4 Å². The first-order chi connectivity index (χ1) is 16.7. The lowest BCUT2D eigenvalue weighted by atomic mass is 9.79. The van der Waals surface area contributed by atoms with Gasteiger partial charge < -0.3 is 15.2 Å². The van der Waals surface area contributed by atoms with Crippen molar-refractivity contribution in [2.24, 2.45) is 0 Å². The molecular weight excluding hydrogens is 439 g/mol. The zero-order chi connectivity index (χ0) is 24.6. The second-order valence-corrected chi connectivity index (χ2v) is 10.6. The maximum absolute atomic E-state index is 13.7. The van der Waals surface area contributed by atoms with E-state index in [2.05, 4.69) is 47.9 Å². The lowest BCUT2D eigenvalue weighted by Crippen LogP contribution is -2.57. The van der Waals surface area contributed by atoms with Crippen LogP contribution in [0.4, 0.5) is 16.0 Å². The number of rotatable bonds is 5. The summed E-state index contributed by atoms with van der Waals surface area (Å²) >= 11 is 0. The first-order valence-electron chi connectivity index (χ1n) is 12.0. The van der Waals surface area contributed by atoms with Crippen LogP contribution >= 0.6 is 0 Å². The fourth-order valence-corrected chi connectivity index (χ4v) is 5.38. The van der Waals surface area contributed by atoms with Crippen LogP contribution in [0.1, 0.15) is 46.6 Å². The molecule has 1 fully saturated rings. The molecule has 0 atom stereocenters. The van der Waals surface area contributed by atoms with Crippen LogP contribution in [0.3, 0.4) is 0 Å². The molecule has 0 saturated carbocycles. The average molecular weight is 471 g/mol. The van der Waals surface area contributed by atoms with Crippen molar-refractivity contribution in [2.45, 2.75) is 57.7 Å². The number of piperidine rings is 1. The summed E-state index contributed by atoms with van der Waals surface area (Å²) in [4.78, 5) is 14.1. The molecule has 0 spiro atoms. The Kier molecular flexibility index (Phi) is 5.89. The second-order valence-electron chi connectivity index (χ2n) is 10.6. The quantitative estimate of drug-likeness (QED) is 0.355. The highest BCUT2D eigenvalue weighted by Gasteiger charge is 2.39. The molecule has 1 aliphatic rings. The van der Waals surface area contributed by atoms with Gasteiger partial charge in [-0.15, -0.1) is 0 Å². The molecule has 0 bridgehead atoms. The minimum Gasteiger partial charge on any atom is -0.326 e. The second kappa shape index (κ2) is 8.89. The molecule has 0 amide bonds. The maximum Gasteiger partial charge on any atom is 0.227 e. The highest BCUT2D eigenvalue weighted by molar-refractivity contribution is 5.77. The van der Waals surface area contributed by atoms with E-state index in [1.54, 1.807) is 18.3 Å². The molecular formula is C28H31FN6.